The smallest absolute Gasteiger partial charge is 0.352 e. The lowest BCUT2D eigenvalue weighted by Crippen LogP contribution is -3.00. The van der Waals surface area contributed by atoms with Gasteiger partial charge in [0, 0.05) is 12.8 Å². The summed E-state index contributed by atoms with van der Waals surface area (Å²) in [6, 6.07) is 18.3. The number of fused-ring (bicyclic) bond motifs is 1. The summed E-state index contributed by atoms with van der Waals surface area (Å²) in [6.07, 6.45) is 4.80. The van der Waals surface area contributed by atoms with Crippen LogP contribution in [-0.2, 0) is 29.4 Å². The Hall–Kier alpha value is -1.89. The summed E-state index contributed by atoms with van der Waals surface area (Å²) in [7, 11) is 2.10. The van der Waals surface area contributed by atoms with Crippen LogP contribution >= 0.6 is 0 Å². The number of ether oxygens (including phenoxy) is 1. The first-order valence-electron chi connectivity index (χ1n) is 12.6. The number of aromatic nitrogens is 2. The maximum atomic E-state index is 14.0. The van der Waals surface area contributed by atoms with Gasteiger partial charge in [0.2, 0.25) is 6.04 Å². The number of hydrogen-bond donors (Lipinski definition) is 0. The normalized spacial score (nSPS) is 21.3. The summed E-state index contributed by atoms with van der Waals surface area (Å²) in [5.41, 5.74) is 3.39. The molecule has 1 saturated carbocycles. The summed E-state index contributed by atoms with van der Waals surface area (Å²) < 4.78 is 10.9. The van der Waals surface area contributed by atoms with Crippen molar-refractivity contribution >= 4 is 17.0 Å². The van der Waals surface area contributed by atoms with Crippen LogP contribution in [0.4, 0.5) is 0 Å². The lowest BCUT2D eigenvalue weighted by Gasteiger charge is -2.37. The zero-order valence-electron chi connectivity index (χ0n) is 21.2. The minimum atomic E-state index is -0.390. The van der Waals surface area contributed by atoms with Crippen LogP contribution in [0.5, 0.6) is 0 Å². The second-order valence-corrected chi connectivity index (χ2v) is 10.2. The van der Waals surface area contributed by atoms with Gasteiger partial charge in [-0.3, -0.25) is 0 Å². The monoisotopic (exact) mass is 574 g/mol. The number of carbonyl (C=O) groups excluding carboxylic acids is 1. The van der Waals surface area contributed by atoms with Gasteiger partial charge in [-0.15, -0.1) is 0 Å². The van der Waals surface area contributed by atoms with Gasteiger partial charge in [0.05, 0.1) is 7.05 Å². The van der Waals surface area contributed by atoms with Gasteiger partial charge in [-0.2, -0.15) is 0 Å². The largest absolute Gasteiger partial charge is 1.00 e. The second kappa shape index (κ2) is 11.7. The summed E-state index contributed by atoms with van der Waals surface area (Å²) in [5, 5.41) is 0. The highest BCUT2D eigenvalue weighted by Gasteiger charge is 2.39. The molecule has 4 rings (SSSR count). The molecule has 1 aliphatic carbocycles. The van der Waals surface area contributed by atoms with E-state index < -0.39 is 6.04 Å². The number of esters is 1. The van der Waals surface area contributed by atoms with Gasteiger partial charge in [0.25, 0.3) is 5.82 Å². The van der Waals surface area contributed by atoms with Crippen molar-refractivity contribution in [2.45, 2.75) is 71.9 Å². The van der Waals surface area contributed by atoms with E-state index in [2.05, 4.69) is 80.3 Å². The fourth-order valence-corrected chi connectivity index (χ4v) is 5.74. The van der Waals surface area contributed by atoms with E-state index in [0.29, 0.717) is 24.2 Å². The van der Waals surface area contributed by atoms with Crippen LogP contribution in [0.2, 0.25) is 0 Å². The number of benzene rings is 2. The van der Waals surface area contributed by atoms with E-state index >= 15 is 0 Å². The number of para-hydroxylation sites is 2. The van der Waals surface area contributed by atoms with Gasteiger partial charge in [0.15, 0.2) is 11.0 Å². The lowest BCUT2D eigenvalue weighted by molar-refractivity contribution is -0.654. The van der Waals surface area contributed by atoms with Crippen molar-refractivity contribution in [2.24, 2.45) is 24.8 Å². The fourth-order valence-electron chi connectivity index (χ4n) is 5.74. The number of rotatable bonds is 7. The SMILES string of the molecule is CCc1n([C@H](Cc2ccccc2)C(=O)OC2C[C@H](C)CC[C@H]2C(C)C)c2ccccc2[n+]1C.[I-]. The maximum absolute atomic E-state index is 14.0. The Morgan fingerprint density at radius 3 is 2.44 bits per heavy atom. The van der Waals surface area contributed by atoms with E-state index in [-0.39, 0.29) is 36.0 Å². The van der Waals surface area contributed by atoms with Gasteiger partial charge in [-0.05, 0) is 48.3 Å². The fraction of sp³-hybridized carbons (Fsp3) is 0.517. The van der Waals surface area contributed by atoms with Crippen LogP contribution in [0.1, 0.15) is 64.4 Å². The average molecular weight is 575 g/mol. The molecule has 4 nitrogen and oxygen atoms in total. The second-order valence-electron chi connectivity index (χ2n) is 10.2. The van der Waals surface area contributed by atoms with Crippen molar-refractivity contribution in [2.75, 3.05) is 0 Å². The number of halogens is 1. The van der Waals surface area contributed by atoms with Crippen molar-refractivity contribution in [3.8, 4) is 0 Å². The number of nitrogens with zero attached hydrogens (tertiary/aromatic N) is 2. The highest BCUT2D eigenvalue weighted by molar-refractivity contribution is 5.80. The van der Waals surface area contributed by atoms with Crippen molar-refractivity contribution in [3.63, 3.8) is 0 Å². The van der Waals surface area contributed by atoms with Crippen LogP contribution in [0.3, 0.4) is 0 Å². The van der Waals surface area contributed by atoms with Gasteiger partial charge in [0.1, 0.15) is 6.10 Å². The van der Waals surface area contributed by atoms with Crippen LogP contribution in [0.15, 0.2) is 54.6 Å². The first-order chi connectivity index (χ1) is 15.9. The molecule has 0 N–H and O–H groups in total. The molecule has 0 radical (unpaired) electrons. The molecule has 1 unspecified atom stereocenters. The van der Waals surface area contributed by atoms with Crippen LogP contribution in [0.25, 0.3) is 11.0 Å². The zero-order chi connectivity index (χ0) is 23.5. The first kappa shape index (κ1) is 26.7. The molecule has 3 aromatic rings. The Labute approximate surface area is 221 Å². The molecule has 0 bridgehead atoms. The number of aryl methyl sites for hydroxylation is 1. The highest BCUT2D eigenvalue weighted by atomic mass is 127. The summed E-state index contributed by atoms with van der Waals surface area (Å²) in [4.78, 5) is 14.0. The molecule has 1 heterocycles. The molecular weight excluding hydrogens is 535 g/mol. The average Bonchev–Trinajstić information content (AvgIpc) is 3.09. The molecule has 0 saturated heterocycles. The molecule has 4 atom stereocenters. The summed E-state index contributed by atoms with van der Waals surface area (Å²) in [5.74, 6) is 2.60. The third-order valence-corrected chi connectivity index (χ3v) is 7.57. The number of hydrogen-bond acceptors (Lipinski definition) is 2. The minimum Gasteiger partial charge on any atom is -1.00 e. The topological polar surface area (TPSA) is 35.1 Å². The molecule has 34 heavy (non-hydrogen) atoms. The Balaban J connectivity index is 0.00000324. The van der Waals surface area contributed by atoms with E-state index in [0.717, 1.165) is 41.7 Å². The Morgan fingerprint density at radius 1 is 1.09 bits per heavy atom. The predicted octanol–water partition coefficient (Wildman–Crippen LogP) is 2.82. The summed E-state index contributed by atoms with van der Waals surface area (Å²) in [6.45, 7) is 8.97. The van der Waals surface area contributed by atoms with E-state index in [4.69, 9.17) is 4.74 Å². The van der Waals surface area contributed by atoms with Gasteiger partial charge in [-0.1, -0.05) is 76.6 Å². The first-order valence-corrected chi connectivity index (χ1v) is 12.6. The molecule has 1 aliphatic rings. The van der Waals surface area contributed by atoms with Gasteiger partial charge >= 0.3 is 5.97 Å². The molecule has 1 fully saturated rings. The molecule has 0 aliphatic heterocycles. The Kier molecular flexibility index (Phi) is 9.19. The predicted molar refractivity (Wildman–Crippen MR) is 133 cm³/mol. The number of carbonyl (C=O) groups is 1. The third-order valence-electron chi connectivity index (χ3n) is 7.57. The molecule has 184 valence electrons. The van der Waals surface area contributed by atoms with E-state index in [1.165, 1.54) is 6.42 Å². The van der Waals surface area contributed by atoms with Crippen molar-refractivity contribution < 1.29 is 38.1 Å². The van der Waals surface area contributed by atoms with Crippen LogP contribution in [-0.4, -0.2) is 16.6 Å². The lowest BCUT2D eigenvalue weighted by atomic mass is 9.75. The van der Waals surface area contributed by atoms with Crippen molar-refractivity contribution in [1.29, 1.82) is 0 Å². The van der Waals surface area contributed by atoms with E-state index in [9.17, 15) is 4.79 Å². The van der Waals surface area contributed by atoms with Crippen LogP contribution in [0, 0.1) is 17.8 Å². The molecule has 0 amide bonds. The molecular formula is C29H39IN2O2. The van der Waals surface area contributed by atoms with Gasteiger partial charge in [-0.25, -0.2) is 13.9 Å². The van der Waals surface area contributed by atoms with Crippen molar-refractivity contribution in [1.82, 2.24) is 4.57 Å². The van der Waals surface area contributed by atoms with E-state index in [1.54, 1.807) is 0 Å². The Bertz CT molecular complexity index is 1090. The summed E-state index contributed by atoms with van der Waals surface area (Å²) >= 11 is 0. The standard InChI is InChI=1S/C29H39N2O2.HI/c1-6-28-30(5)24-14-10-11-15-25(24)31(28)26(19-22-12-8-7-9-13-22)29(32)33-27-18-21(4)16-17-23(27)20(2)3;/h7-15,20-21,23,26-27H,6,16-19H2,1-5H3;1H/q+1;/p-1/t21-,23+,26-,27?;/m1./s1. The maximum Gasteiger partial charge on any atom is 0.352 e. The number of imidazole rings is 1. The zero-order valence-corrected chi connectivity index (χ0v) is 23.4. The minimum absolute atomic E-state index is 0. The molecule has 1 aromatic heterocycles. The van der Waals surface area contributed by atoms with E-state index in [1.807, 2.05) is 18.2 Å². The van der Waals surface area contributed by atoms with Crippen molar-refractivity contribution in [3.05, 3.63) is 66.0 Å². The molecule has 2 aromatic carbocycles. The molecule has 0 spiro atoms. The molecule has 5 heteroatoms. The van der Waals surface area contributed by atoms with Gasteiger partial charge < -0.3 is 28.7 Å². The highest BCUT2D eigenvalue weighted by Crippen LogP contribution is 2.36. The quantitative estimate of drug-likeness (QED) is 0.247. The van der Waals surface area contributed by atoms with Crippen LogP contribution < -0.4 is 28.5 Å². The Morgan fingerprint density at radius 2 is 1.76 bits per heavy atom. The third kappa shape index (κ3) is 5.50.